The number of aliphatic hydroxyl groups excluding tert-OH is 3. The van der Waals surface area contributed by atoms with E-state index in [1.807, 2.05) is 4.90 Å². The molecule has 2 aliphatic rings. The fraction of sp³-hybridized carbons (Fsp3) is 0.565. The van der Waals surface area contributed by atoms with Crippen molar-refractivity contribution in [2.24, 2.45) is 5.92 Å². The third kappa shape index (κ3) is 7.40. The van der Waals surface area contributed by atoms with Crippen LogP contribution in [0.25, 0.3) is 6.08 Å². The molecule has 2 heterocycles. The lowest BCUT2D eigenvalue weighted by Crippen LogP contribution is -2.49. The molecule has 3 unspecified atom stereocenters. The lowest BCUT2D eigenvalue weighted by atomic mass is 9.95. The quantitative estimate of drug-likeness (QED) is 0.485. The Labute approximate surface area is 204 Å². The normalized spacial score (nSPS) is 23.7. The van der Waals surface area contributed by atoms with Crippen molar-refractivity contribution >= 4 is 41.1 Å². The number of carbonyl (C=O) groups excluding carboxylic acids is 2. The molecule has 0 saturated carbocycles. The Morgan fingerprint density at radius 3 is 2.67 bits per heavy atom. The molecular weight excluding hydrogens is 469 g/mol. The number of halogens is 2. The summed E-state index contributed by atoms with van der Waals surface area (Å²) in [5, 5.41) is 30.7. The van der Waals surface area contributed by atoms with E-state index in [2.05, 4.69) is 0 Å². The smallest absolute Gasteiger partial charge is 0.246 e. The Morgan fingerprint density at radius 1 is 1.15 bits per heavy atom. The Bertz CT molecular complexity index is 868. The van der Waals surface area contributed by atoms with Gasteiger partial charge in [0.05, 0.1) is 22.3 Å². The van der Waals surface area contributed by atoms with Crippen LogP contribution in [0, 0.1) is 5.92 Å². The van der Waals surface area contributed by atoms with Gasteiger partial charge in [-0.1, -0.05) is 29.3 Å². The molecule has 0 aromatic heterocycles. The van der Waals surface area contributed by atoms with Crippen molar-refractivity contribution < 1.29 is 24.9 Å². The Morgan fingerprint density at radius 2 is 1.94 bits per heavy atom. The van der Waals surface area contributed by atoms with E-state index in [1.54, 1.807) is 34.1 Å². The number of benzene rings is 1. The van der Waals surface area contributed by atoms with Crippen molar-refractivity contribution in [1.29, 1.82) is 0 Å². The van der Waals surface area contributed by atoms with Crippen molar-refractivity contribution in [3.8, 4) is 0 Å². The summed E-state index contributed by atoms with van der Waals surface area (Å²) in [5.41, 5.74) is 0.752. The summed E-state index contributed by atoms with van der Waals surface area (Å²) in [5.74, 6) is -0.513. The summed E-state index contributed by atoms with van der Waals surface area (Å²) in [6, 6.07) is 5.10. The molecule has 8 nitrogen and oxygen atoms in total. The lowest BCUT2D eigenvalue weighted by molar-refractivity contribution is -0.132. The molecule has 0 radical (unpaired) electrons. The zero-order valence-corrected chi connectivity index (χ0v) is 20.0. The zero-order valence-electron chi connectivity index (χ0n) is 18.4. The van der Waals surface area contributed by atoms with Crippen molar-refractivity contribution in [2.45, 2.75) is 25.0 Å². The van der Waals surface area contributed by atoms with E-state index in [0.717, 1.165) is 5.56 Å². The Kier molecular flexibility index (Phi) is 9.55. The first-order valence-corrected chi connectivity index (χ1v) is 11.9. The lowest BCUT2D eigenvalue weighted by Gasteiger charge is -2.36. The molecule has 3 rings (SSSR count). The van der Waals surface area contributed by atoms with Gasteiger partial charge in [0.25, 0.3) is 0 Å². The van der Waals surface area contributed by atoms with Crippen molar-refractivity contribution in [3.63, 3.8) is 0 Å². The second kappa shape index (κ2) is 12.1. The molecule has 2 fully saturated rings. The first-order valence-electron chi connectivity index (χ1n) is 11.2. The van der Waals surface area contributed by atoms with Gasteiger partial charge in [0.1, 0.15) is 0 Å². The summed E-state index contributed by atoms with van der Waals surface area (Å²) in [6.45, 7) is 2.64. The van der Waals surface area contributed by atoms with E-state index < -0.39 is 12.2 Å². The van der Waals surface area contributed by atoms with Crippen LogP contribution in [0.4, 0.5) is 0 Å². The van der Waals surface area contributed by atoms with Crippen molar-refractivity contribution in [2.75, 3.05) is 52.4 Å². The van der Waals surface area contributed by atoms with Crippen LogP contribution in [0.15, 0.2) is 24.3 Å². The van der Waals surface area contributed by atoms with E-state index in [9.17, 15) is 24.9 Å². The molecule has 1 aromatic carbocycles. The number of aliphatic hydroxyl groups is 3. The van der Waals surface area contributed by atoms with Crippen LogP contribution in [0.1, 0.15) is 18.4 Å². The summed E-state index contributed by atoms with van der Waals surface area (Å²) < 4.78 is 0. The van der Waals surface area contributed by atoms with E-state index >= 15 is 0 Å². The van der Waals surface area contributed by atoms with Gasteiger partial charge < -0.3 is 30.0 Å². The fourth-order valence-electron chi connectivity index (χ4n) is 4.22. The number of amides is 2. The maximum absolute atomic E-state index is 12.6. The second-order valence-corrected chi connectivity index (χ2v) is 9.45. The highest BCUT2D eigenvalue weighted by molar-refractivity contribution is 6.42. The molecule has 10 heteroatoms. The van der Waals surface area contributed by atoms with E-state index in [0.29, 0.717) is 55.7 Å². The van der Waals surface area contributed by atoms with Crippen LogP contribution in [0.2, 0.25) is 10.0 Å². The number of β-amino-alcohol motifs (C(OH)–C–C–N with tert-alkyl or cyclic N) is 1. The predicted octanol–water partition coefficient (Wildman–Crippen LogP) is 1.10. The van der Waals surface area contributed by atoms with Crippen LogP contribution in [-0.2, 0) is 9.59 Å². The van der Waals surface area contributed by atoms with E-state index in [-0.39, 0.29) is 37.3 Å². The summed E-state index contributed by atoms with van der Waals surface area (Å²) >= 11 is 11.9. The molecule has 0 bridgehead atoms. The van der Waals surface area contributed by atoms with Crippen LogP contribution >= 0.6 is 23.2 Å². The monoisotopic (exact) mass is 499 g/mol. The molecule has 0 aliphatic carbocycles. The van der Waals surface area contributed by atoms with E-state index in [1.165, 1.54) is 6.08 Å². The molecular formula is C23H31Cl2N3O5. The maximum atomic E-state index is 12.6. The SMILES string of the molecule is O=C(/C=C/c1ccc(Cl)c(Cl)c1)N1CCC(=O)N(CC(O)CN2CCC(O)C(CO)C2)CC1. The van der Waals surface area contributed by atoms with E-state index in [4.69, 9.17) is 23.2 Å². The fourth-order valence-corrected chi connectivity index (χ4v) is 4.53. The molecule has 2 amide bonds. The summed E-state index contributed by atoms with van der Waals surface area (Å²) in [6.07, 6.45) is 2.59. The van der Waals surface area contributed by atoms with Crippen LogP contribution in [0.5, 0.6) is 0 Å². The molecule has 33 heavy (non-hydrogen) atoms. The largest absolute Gasteiger partial charge is 0.396 e. The van der Waals surface area contributed by atoms with Crippen LogP contribution in [-0.4, -0.2) is 106 Å². The Balaban J connectivity index is 1.50. The molecule has 1 aromatic rings. The maximum Gasteiger partial charge on any atom is 0.246 e. The number of carbonyl (C=O) groups is 2. The van der Waals surface area contributed by atoms with Gasteiger partial charge in [0.2, 0.25) is 11.8 Å². The minimum atomic E-state index is -0.750. The van der Waals surface area contributed by atoms with Gasteiger partial charge in [0.15, 0.2) is 0 Å². The zero-order chi connectivity index (χ0) is 24.0. The molecule has 0 spiro atoms. The van der Waals surface area contributed by atoms with Crippen LogP contribution < -0.4 is 0 Å². The van der Waals surface area contributed by atoms with Gasteiger partial charge in [-0.15, -0.1) is 0 Å². The first kappa shape index (κ1) is 25.9. The number of rotatable bonds is 7. The van der Waals surface area contributed by atoms with Gasteiger partial charge >= 0.3 is 0 Å². The summed E-state index contributed by atoms with van der Waals surface area (Å²) in [7, 11) is 0. The number of hydrogen-bond donors (Lipinski definition) is 3. The minimum Gasteiger partial charge on any atom is -0.396 e. The molecule has 3 N–H and O–H groups in total. The topological polar surface area (TPSA) is 105 Å². The molecule has 182 valence electrons. The minimum absolute atomic E-state index is 0.0955. The van der Waals surface area contributed by atoms with Gasteiger partial charge in [-0.3, -0.25) is 9.59 Å². The van der Waals surface area contributed by atoms with Gasteiger partial charge in [-0.2, -0.15) is 0 Å². The highest BCUT2D eigenvalue weighted by Gasteiger charge is 2.29. The average molecular weight is 500 g/mol. The molecule has 3 atom stereocenters. The number of likely N-dealkylation sites (tertiary alicyclic amines) is 1. The highest BCUT2D eigenvalue weighted by Crippen LogP contribution is 2.23. The van der Waals surface area contributed by atoms with Crippen LogP contribution in [0.3, 0.4) is 0 Å². The molecule has 2 aliphatic heterocycles. The Hall–Kier alpha value is -1.68. The third-order valence-electron chi connectivity index (χ3n) is 6.17. The standard InChI is InChI=1S/C23H31Cl2N3O5/c24-19-3-1-16(11-20(19)25)2-4-22(32)27-8-6-23(33)28(10-9-27)14-18(30)13-26-7-5-21(31)17(12-26)15-29/h1-4,11,17-18,21,29-31H,5-10,12-15H2/b4-2+. The number of nitrogens with zero attached hydrogens (tertiary/aromatic N) is 3. The number of hydrogen-bond acceptors (Lipinski definition) is 6. The van der Waals surface area contributed by atoms with Crippen molar-refractivity contribution in [3.05, 3.63) is 39.9 Å². The number of piperidine rings is 1. The van der Waals surface area contributed by atoms with Crippen molar-refractivity contribution in [1.82, 2.24) is 14.7 Å². The van der Waals surface area contributed by atoms with Gasteiger partial charge in [0, 0.05) is 70.8 Å². The summed E-state index contributed by atoms with van der Waals surface area (Å²) in [4.78, 5) is 30.4. The van der Waals surface area contributed by atoms with Gasteiger partial charge in [-0.25, -0.2) is 0 Å². The highest BCUT2D eigenvalue weighted by atomic mass is 35.5. The average Bonchev–Trinajstić information content (AvgIpc) is 2.97. The molecule has 2 saturated heterocycles. The first-order chi connectivity index (χ1) is 15.8. The third-order valence-corrected chi connectivity index (χ3v) is 6.91. The second-order valence-electron chi connectivity index (χ2n) is 8.63. The predicted molar refractivity (Wildman–Crippen MR) is 127 cm³/mol. The van der Waals surface area contributed by atoms with Gasteiger partial charge in [-0.05, 0) is 30.2 Å².